The van der Waals surface area contributed by atoms with Crippen molar-refractivity contribution < 1.29 is 44.1 Å². The highest BCUT2D eigenvalue weighted by Gasteiger charge is 2.38. The number of carbonyl (C=O) groups is 6. The lowest BCUT2D eigenvalue weighted by Crippen LogP contribution is -2.57. The van der Waals surface area contributed by atoms with Crippen LogP contribution in [0, 0.1) is 0 Å². The molecule has 208 valence electrons. The Labute approximate surface area is 212 Å². The maximum absolute atomic E-state index is 13.0. The van der Waals surface area contributed by atoms with Crippen LogP contribution in [0.2, 0.25) is 0 Å². The molecule has 4 unspecified atom stereocenters. The second-order valence-electron chi connectivity index (χ2n) is 8.57. The van der Waals surface area contributed by atoms with E-state index in [1.54, 1.807) is 0 Å². The largest absolute Gasteiger partial charge is 0.481 e. The zero-order chi connectivity index (χ0) is 28.1. The van der Waals surface area contributed by atoms with Gasteiger partial charge in [0.05, 0.1) is 6.04 Å². The Morgan fingerprint density at radius 1 is 0.892 bits per heavy atom. The first kappa shape index (κ1) is 31.1. The third kappa shape index (κ3) is 11.1. The van der Waals surface area contributed by atoms with E-state index in [1.165, 1.54) is 0 Å². The van der Waals surface area contributed by atoms with Gasteiger partial charge in [-0.3, -0.25) is 29.0 Å². The topological polar surface area (TPSA) is 281 Å². The summed E-state index contributed by atoms with van der Waals surface area (Å²) in [5, 5.41) is 32.2. The number of aliphatic imine (C=N–C) groups is 1. The quantitative estimate of drug-likeness (QED) is 0.0569. The molecule has 0 aromatic rings. The summed E-state index contributed by atoms with van der Waals surface area (Å²) in [4.78, 5) is 77.1. The van der Waals surface area contributed by atoms with E-state index in [4.69, 9.17) is 27.4 Å². The average molecular weight is 530 g/mol. The summed E-state index contributed by atoms with van der Waals surface area (Å²) in [5.74, 6) is -6.31. The van der Waals surface area contributed by atoms with Crippen molar-refractivity contribution in [3.8, 4) is 0 Å². The van der Waals surface area contributed by atoms with Crippen LogP contribution < -0.4 is 27.8 Å². The zero-order valence-corrected chi connectivity index (χ0v) is 20.3. The maximum Gasteiger partial charge on any atom is 0.326 e. The fraction of sp³-hybridized carbons (Fsp3) is 0.667. The van der Waals surface area contributed by atoms with Crippen molar-refractivity contribution in [3.63, 3.8) is 0 Å². The number of nitrogens with two attached hydrogens (primary N) is 3. The number of rotatable bonds is 16. The molecule has 0 saturated carbocycles. The van der Waals surface area contributed by atoms with Crippen LogP contribution in [0.25, 0.3) is 0 Å². The van der Waals surface area contributed by atoms with Gasteiger partial charge in [-0.25, -0.2) is 4.79 Å². The van der Waals surface area contributed by atoms with Crippen molar-refractivity contribution in [3.05, 3.63) is 0 Å². The summed E-state index contributed by atoms with van der Waals surface area (Å²) in [6.07, 6.45) is -0.554. The van der Waals surface area contributed by atoms with Crippen LogP contribution >= 0.6 is 0 Å². The molecule has 3 amide bonds. The van der Waals surface area contributed by atoms with Crippen molar-refractivity contribution in [2.75, 3.05) is 13.1 Å². The number of nitrogens with one attached hydrogen (secondary N) is 2. The first-order valence-corrected chi connectivity index (χ1v) is 11.7. The van der Waals surface area contributed by atoms with Crippen molar-refractivity contribution in [2.24, 2.45) is 22.2 Å². The molecule has 0 aliphatic carbocycles. The standard InChI is InChI=1S/C21H35N7O9/c22-11(3-1-9-25-21(23)24)17(33)26-12(5-7-15(29)30)18(34)27-13(6-8-16(31)32)19(35)28-10-2-4-14(28)20(36)37/h11-14H,1-10,22H2,(H,26,33)(H,27,34)(H,29,30)(H,31,32)(H,36,37)(H4,23,24,25). The van der Waals surface area contributed by atoms with Crippen LogP contribution in [0.4, 0.5) is 0 Å². The molecule has 1 rings (SSSR count). The van der Waals surface area contributed by atoms with E-state index in [9.17, 15) is 33.9 Å². The number of hydrogen-bond acceptors (Lipinski definition) is 8. The molecule has 0 spiro atoms. The smallest absolute Gasteiger partial charge is 0.326 e. The lowest BCUT2D eigenvalue weighted by molar-refractivity contribution is -0.150. The molecule has 37 heavy (non-hydrogen) atoms. The molecule has 0 radical (unpaired) electrons. The van der Waals surface area contributed by atoms with Crippen LogP contribution in [0.3, 0.4) is 0 Å². The molecule has 1 aliphatic heterocycles. The summed E-state index contributed by atoms with van der Waals surface area (Å²) in [6, 6.07) is -4.99. The first-order chi connectivity index (χ1) is 17.3. The zero-order valence-electron chi connectivity index (χ0n) is 20.3. The van der Waals surface area contributed by atoms with E-state index in [0.29, 0.717) is 12.8 Å². The third-order valence-electron chi connectivity index (χ3n) is 5.67. The molecular weight excluding hydrogens is 494 g/mol. The number of likely N-dealkylation sites (tertiary alicyclic amines) is 1. The van der Waals surface area contributed by atoms with Crippen LogP contribution in [-0.2, 0) is 28.8 Å². The minimum absolute atomic E-state index is 0.114. The Kier molecular flexibility index (Phi) is 12.8. The molecule has 1 heterocycles. The fourth-order valence-corrected chi connectivity index (χ4v) is 3.75. The van der Waals surface area contributed by atoms with Gasteiger partial charge >= 0.3 is 17.9 Å². The number of amides is 3. The highest BCUT2D eigenvalue weighted by Crippen LogP contribution is 2.20. The van der Waals surface area contributed by atoms with Gasteiger partial charge in [0.15, 0.2) is 5.96 Å². The summed E-state index contributed by atoms with van der Waals surface area (Å²) >= 11 is 0. The summed E-state index contributed by atoms with van der Waals surface area (Å²) in [6.45, 7) is 0.330. The molecule has 1 fully saturated rings. The van der Waals surface area contributed by atoms with Crippen LogP contribution in [0.1, 0.15) is 51.4 Å². The fourth-order valence-electron chi connectivity index (χ4n) is 3.75. The SMILES string of the molecule is NC(N)=NCCCC(N)C(=O)NC(CCC(=O)O)C(=O)NC(CCC(=O)O)C(=O)N1CCCC1C(=O)O. The molecule has 0 aromatic carbocycles. The Hall–Kier alpha value is -3.95. The second kappa shape index (κ2) is 15.2. The number of hydrogen-bond donors (Lipinski definition) is 8. The van der Waals surface area contributed by atoms with Crippen molar-refractivity contribution in [1.82, 2.24) is 15.5 Å². The van der Waals surface area contributed by atoms with E-state index in [-0.39, 0.29) is 44.7 Å². The van der Waals surface area contributed by atoms with Gasteiger partial charge in [0.2, 0.25) is 17.7 Å². The van der Waals surface area contributed by atoms with Crippen LogP contribution in [-0.4, -0.2) is 99.1 Å². The van der Waals surface area contributed by atoms with Crippen molar-refractivity contribution in [1.29, 1.82) is 0 Å². The van der Waals surface area contributed by atoms with E-state index in [1.807, 2.05) is 0 Å². The van der Waals surface area contributed by atoms with Crippen LogP contribution in [0.5, 0.6) is 0 Å². The van der Waals surface area contributed by atoms with E-state index in [2.05, 4.69) is 15.6 Å². The minimum Gasteiger partial charge on any atom is -0.481 e. The number of aliphatic carboxylic acids is 3. The summed E-state index contributed by atoms with van der Waals surface area (Å²) < 4.78 is 0. The van der Waals surface area contributed by atoms with Crippen molar-refractivity contribution >= 4 is 41.6 Å². The summed E-state index contributed by atoms with van der Waals surface area (Å²) in [5.41, 5.74) is 16.3. The van der Waals surface area contributed by atoms with Gasteiger partial charge in [0.1, 0.15) is 18.1 Å². The molecule has 4 atom stereocenters. The molecule has 1 aliphatic rings. The minimum atomic E-state index is -1.40. The van der Waals surface area contributed by atoms with Gasteiger partial charge < -0.3 is 48.1 Å². The highest BCUT2D eigenvalue weighted by molar-refractivity contribution is 5.94. The number of carbonyl (C=O) groups excluding carboxylic acids is 3. The van der Waals surface area contributed by atoms with Crippen LogP contribution in [0.15, 0.2) is 4.99 Å². The third-order valence-corrected chi connectivity index (χ3v) is 5.67. The van der Waals surface area contributed by atoms with E-state index < -0.39 is 72.6 Å². The molecule has 11 N–H and O–H groups in total. The van der Waals surface area contributed by atoms with Gasteiger partial charge in [-0.1, -0.05) is 0 Å². The van der Waals surface area contributed by atoms with E-state index >= 15 is 0 Å². The molecule has 0 bridgehead atoms. The summed E-state index contributed by atoms with van der Waals surface area (Å²) in [7, 11) is 0. The Bertz CT molecular complexity index is 892. The van der Waals surface area contributed by atoms with Gasteiger partial charge in [0, 0.05) is 25.9 Å². The molecule has 0 aromatic heterocycles. The monoisotopic (exact) mass is 529 g/mol. The average Bonchev–Trinajstić information content (AvgIpc) is 3.31. The van der Waals surface area contributed by atoms with Crippen molar-refractivity contribution in [2.45, 2.75) is 75.5 Å². The van der Waals surface area contributed by atoms with E-state index in [0.717, 1.165) is 4.90 Å². The maximum atomic E-state index is 13.0. The highest BCUT2D eigenvalue weighted by atomic mass is 16.4. The molecular formula is C21H35N7O9. The predicted molar refractivity (Wildman–Crippen MR) is 128 cm³/mol. The molecule has 16 nitrogen and oxygen atoms in total. The lowest BCUT2D eigenvalue weighted by atomic mass is 10.1. The van der Waals surface area contributed by atoms with Gasteiger partial charge in [-0.15, -0.1) is 0 Å². The Morgan fingerprint density at radius 2 is 1.46 bits per heavy atom. The molecule has 1 saturated heterocycles. The second-order valence-corrected chi connectivity index (χ2v) is 8.57. The lowest BCUT2D eigenvalue weighted by Gasteiger charge is -2.28. The van der Waals surface area contributed by atoms with Gasteiger partial charge in [0.25, 0.3) is 0 Å². The normalized spacial score (nSPS) is 17.2. The Morgan fingerprint density at radius 3 is 2.00 bits per heavy atom. The Balaban J connectivity index is 2.97. The number of carboxylic acids is 3. The predicted octanol–water partition coefficient (Wildman–Crippen LogP) is -2.86. The first-order valence-electron chi connectivity index (χ1n) is 11.7. The molecule has 16 heteroatoms. The number of carboxylic acid groups (broad SMARTS) is 3. The number of guanidine groups is 1. The van der Waals surface area contributed by atoms with Gasteiger partial charge in [-0.2, -0.15) is 0 Å². The van der Waals surface area contributed by atoms with Gasteiger partial charge in [-0.05, 0) is 38.5 Å². The number of nitrogens with zero attached hydrogens (tertiary/aromatic N) is 2.